The lowest BCUT2D eigenvalue weighted by molar-refractivity contribution is 0.112. The van der Waals surface area contributed by atoms with E-state index in [9.17, 15) is 4.79 Å². The van der Waals surface area contributed by atoms with E-state index in [0.717, 1.165) is 22.8 Å². The molecule has 0 fully saturated rings. The molecular formula is C11H9NO. The van der Waals surface area contributed by atoms with Crippen LogP contribution in [0, 0.1) is 6.92 Å². The summed E-state index contributed by atoms with van der Waals surface area (Å²) in [4.78, 5) is 14.9. The standard InChI is InChI=1S/C11H9NO/c1-8-2-3-10-9(7-13)4-5-12-11(10)6-8/h2-7H,1H3. The van der Waals surface area contributed by atoms with Gasteiger partial charge in [0, 0.05) is 17.1 Å². The zero-order valence-electron chi connectivity index (χ0n) is 7.32. The molecule has 0 aliphatic heterocycles. The summed E-state index contributed by atoms with van der Waals surface area (Å²) in [5, 5.41) is 0.920. The fraction of sp³-hybridized carbons (Fsp3) is 0.0909. The van der Waals surface area contributed by atoms with E-state index in [-0.39, 0.29) is 0 Å². The molecule has 2 heteroatoms. The van der Waals surface area contributed by atoms with Crippen LogP contribution < -0.4 is 0 Å². The topological polar surface area (TPSA) is 30.0 Å². The summed E-state index contributed by atoms with van der Waals surface area (Å²) in [6.07, 6.45) is 2.52. The second-order valence-electron chi connectivity index (χ2n) is 3.04. The van der Waals surface area contributed by atoms with Gasteiger partial charge in [-0.25, -0.2) is 0 Å². The van der Waals surface area contributed by atoms with Crippen molar-refractivity contribution in [3.63, 3.8) is 0 Å². The van der Waals surface area contributed by atoms with Gasteiger partial charge in [0.25, 0.3) is 0 Å². The maximum Gasteiger partial charge on any atom is 0.150 e. The molecule has 2 aromatic rings. The van der Waals surface area contributed by atoms with Gasteiger partial charge in [0.1, 0.15) is 0 Å². The maximum atomic E-state index is 10.7. The Balaban J connectivity index is 2.84. The van der Waals surface area contributed by atoms with E-state index in [4.69, 9.17) is 0 Å². The minimum atomic E-state index is 0.699. The molecule has 0 saturated carbocycles. The van der Waals surface area contributed by atoms with E-state index in [0.29, 0.717) is 5.56 Å². The van der Waals surface area contributed by atoms with Crippen LogP contribution in [-0.2, 0) is 0 Å². The predicted octanol–water partition coefficient (Wildman–Crippen LogP) is 2.36. The van der Waals surface area contributed by atoms with Crippen molar-refractivity contribution in [3.05, 3.63) is 41.6 Å². The Morgan fingerprint density at radius 2 is 2.15 bits per heavy atom. The number of hydrogen-bond acceptors (Lipinski definition) is 2. The van der Waals surface area contributed by atoms with Gasteiger partial charge in [0.15, 0.2) is 6.29 Å². The van der Waals surface area contributed by atoms with E-state index < -0.39 is 0 Å². The summed E-state index contributed by atoms with van der Waals surface area (Å²) in [7, 11) is 0. The Morgan fingerprint density at radius 3 is 2.92 bits per heavy atom. The van der Waals surface area contributed by atoms with Crippen LogP contribution in [0.4, 0.5) is 0 Å². The Kier molecular flexibility index (Phi) is 1.81. The Hall–Kier alpha value is -1.70. The van der Waals surface area contributed by atoms with Crippen molar-refractivity contribution in [1.82, 2.24) is 4.98 Å². The molecule has 0 radical (unpaired) electrons. The highest BCUT2D eigenvalue weighted by Crippen LogP contribution is 2.16. The maximum absolute atomic E-state index is 10.7. The molecular weight excluding hydrogens is 162 g/mol. The first kappa shape index (κ1) is 7.92. The summed E-state index contributed by atoms with van der Waals surface area (Å²) in [6, 6.07) is 7.62. The molecule has 0 bridgehead atoms. The highest BCUT2D eigenvalue weighted by molar-refractivity contribution is 5.96. The normalized spacial score (nSPS) is 10.2. The monoisotopic (exact) mass is 171 g/mol. The lowest BCUT2D eigenvalue weighted by Gasteiger charge is -2.00. The molecule has 64 valence electrons. The van der Waals surface area contributed by atoms with Crippen LogP contribution in [0.1, 0.15) is 15.9 Å². The van der Waals surface area contributed by atoms with Crippen molar-refractivity contribution >= 4 is 17.2 Å². The number of aromatic nitrogens is 1. The molecule has 1 heterocycles. The number of pyridine rings is 1. The SMILES string of the molecule is Cc1ccc2c(C=O)ccnc2c1. The van der Waals surface area contributed by atoms with Gasteiger partial charge in [-0.05, 0) is 24.6 Å². The number of fused-ring (bicyclic) bond motifs is 1. The summed E-state index contributed by atoms with van der Waals surface area (Å²) < 4.78 is 0. The lowest BCUT2D eigenvalue weighted by Crippen LogP contribution is -1.86. The number of aryl methyl sites for hydroxylation is 1. The number of nitrogens with zero attached hydrogens (tertiary/aromatic N) is 1. The summed E-state index contributed by atoms with van der Waals surface area (Å²) in [5.74, 6) is 0. The van der Waals surface area contributed by atoms with Crippen LogP contribution in [0.15, 0.2) is 30.5 Å². The third kappa shape index (κ3) is 1.31. The van der Waals surface area contributed by atoms with E-state index in [1.54, 1.807) is 12.3 Å². The minimum absolute atomic E-state index is 0.699. The first-order valence-electron chi connectivity index (χ1n) is 4.12. The van der Waals surface area contributed by atoms with E-state index in [1.807, 2.05) is 25.1 Å². The molecule has 13 heavy (non-hydrogen) atoms. The van der Waals surface area contributed by atoms with Crippen LogP contribution in [-0.4, -0.2) is 11.3 Å². The molecule has 0 atom stereocenters. The average molecular weight is 171 g/mol. The van der Waals surface area contributed by atoms with Crippen molar-refractivity contribution in [1.29, 1.82) is 0 Å². The number of benzene rings is 1. The number of aldehydes is 1. The molecule has 0 aliphatic carbocycles. The second kappa shape index (κ2) is 2.98. The molecule has 0 N–H and O–H groups in total. The number of hydrogen-bond donors (Lipinski definition) is 0. The number of carbonyl (C=O) groups is 1. The van der Waals surface area contributed by atoms with E-state index in [1.165, 1.54) is 0 Å². The molecule has 0 aliphatic rings. The first-order chi connectivity index (χ1) is 6.31. The Labute approximate surface area is 76.2 Å². The van der Waals surface area contributed by atoms with Gasteiger partial charge in [0.2, 0.25) is 0 Å². The van der Waals surface area contributed by atoms with Gasteiger partial charge in [-0.3, -0.25) is 9.78 Å². The van der Waals surface area contributed by atoms with Crippen LogP contribution in [0.5, 0.6) is 0 Å². The van der Waals surface area contributed by atoms with Crippen LogP contribution in [0.3, 0.4) is 0 Å². The van der Waals surface area contributed by atoms with Crippen molar-refractivity contribution in [3.8, 4) is 0 Å². The Bertz CT molecular complexity index is 463. The molecule has 1 aromatic carbocycles. The summed E-state index contributed by atoms with van der Waals surface area (Å²) in [5.41, 5.74) is 2.73. The van der Waals surface area contributed by atoms with E-state index in [2.05, 4.69) is 4.98 Å². The molecule has 1 aromatic heterocycles. The van der Waals surface area contributed by atoms with Gasteiger partial charge < -0.3 is 0 Å². The Morgan fingerprint density at radius 1 is 1.31 bits per heavy atom. The predicted molar refractivity (Wildman–Crippen MR) is 51.9 cm³/mol. The summed E-state index contributed by atoms with van der Waals surface area (Å²) in [6.45, 7) is 2.01. The van der Waals surface area contributed by atoms with Crippen LogP contribution in [0.2, 0.25) is 0 Å². The van der Waals surface area contributed by atoms with Gasteiger partial charge in [0.05, 0.1) is 5.52 Å². The fourth-order valence-electron chi connectivity index (χ4n) is 1.38. The van der Waals surface area contributed by atoms with Gasteiger partial charge in [-0.15, -0.1) is 0 Å². The fourth-order valence-corrected chi connectivity index (χ4v) is 1.38. The third-order valence-corrected chi connectivity index (χ3v) is 2.06. The smallest absolute Gasteiger partial charge is 0.150 e. The second-order valence-corrected chi connectivity index (χ2v) is 3.04. The summed E-state index contributed by atoms with van der Waals surface area (Å²) >= 11 is 0. The molecule has 2 rings (SSSR count). The number of carbonyl (C=O) groups excluding carboxylic acids is 1. The zero-order valence-corrected chi connectivity index (χ0v) is 7.32. The number of rotatable bonds is 1. The highest BCUT2D eigenvalue weighted by Gasteiger charge is 1.99. The third-order valence-electron chi connectivity index (χ3n) is 2.06. The van der Waals surface area contributed by atoms with Gasteiger partial charge in [-0.1, -0.05) is 12.1 Å². The molecule has 0 amide bonds. The van der Waals surface area contributed by atoms with Crippen LogP contribution >= 0.6 is 0 Å². The van der Waals surface area contributed by atoms with Gasteiger partial charge >= 0.3 is 0 Å². The molecule has 0 spiro atoms. The lowest BCUT2D eigenvalue weighted by atomic mass is 10.1. The molecule has 0 unspecified atom stereocenters. The van der Waals surface area contributed by atoms with Crippen molar-refractivity contribution in [2.24, 2.45) is 0 Å². The average Bonchev–Trinajstić information content (AvgIpc) is 2.16. The molecule has 0 saturated heterocycles. The van der Waals surface area contributed by atoms with Crippen molar-refractivity contribution in [2.45, 2.75) is 6.92 Å². The largest absolute Gasteiger partial charge is 0.298 e. The van der Waals surface area contributed by atoms with Crippen molar-refractivity contribution in [2.75, 3.05) is 0 Å². The van der Waals surface area contributed by atoms with Crippen molar-refractivity contribution < 1.29 is 4.79 Å². The molecule has 2 nitrogen and oxygen atoms in total. The highest BCUT2D eigenvalue weighted by atomic mass is 16.1. The van der Waals surface area contributed by atoms with Gasteiger partial charge in [-0.2, -0.15) is 0 Å². The van der Waals surface area contributed by atoms with E-state index >= 15 is 0 Å². The van der Waals surface area contributed by atoms with Crippen LogP contribution in [0.25, 0.3) is 10.9 Å². The zero-order chi connectivity index (χ0) is 9.26. The first-order valence-corrected chi connectivity index (χ1v) is 4.12. The quantitative estimate of drug-likeness (QED) is 0.616. The minimum Gasteiger partial charge on any atom is -0.298 e.